The molecule has 1 rings (SSSR count). The Balaban J connectivity index is 2.32. The van der Waals surface area contributed by atoms with Gasteiger partial charge in [-0.25, -0.2) is 0 Å². The molecule has 0 bridgehead atoms. The quantitative estimate of drug-likeness (QED) is 0.778. The van der Waals surface area contributed by atoms with Gasteiger partial charge in [-0.3, -0.25) is 0 Å². The van der Waals surface area contributed by atoms with Crippen molar-refractivity contribution in [1.82, 2.24) is 5.32 Å². The van der Waals surface area contributed by atoms with E-state index in [4.69, 9.17) is 0 Å². The lowest BCUT2D eigenvalue weighted by molar-refractivity contribution is -0.126. The van der Waals surface area contributed by atoms with E-state index >= 15 is 0 Å². The van der Waals surface area contributed by atoms with Gasteiger partial charge in [-0.2, -0.15) is 13.2 Å². The predicted molar refractivity (Wildman–Crippen MR) is 68.4 cm³/mol. The molecule has 0 radical (unpaired) electrons. The molecular weight excluding hydrogens is 239 g/mol. The predicted octanol–water partition coefficient (Wildman–Crippen LogP) is 4.38. The van der Waals surface area contributed by atoms with Crippen LogP contribution in [0.15, 0.2) is 0 Å². The zero-order valence-electron chi connectivity index (χ0n) is 11.7. The maximum atomic E-state index is 12.1. The van der Waals surface area contributed by atoms with Crippen molar-refractivity contribution in [1.29, 1.82) is 0 Å². The zero-order chi connectivity index (χ0) is 13.8. The number of hydrogen-bond acceptors (Lipinski definition) is 1. The van der Waals surface area contributed by atoms with Gasteiger partial charge in [0.05, 0.1) is 6.54 Å². The summed E-state index contributed by atoms with van der Waals surface area (Å²) >= 11 is 0. The molecule has 0 heterocycles. The standard InChI is InChI=1S/C14H26F3N/c1-4-13(10(2)3)11-5-7-12(8-6-11)18-9-14(15,16)17/h10-13,18H,4-9H2,1-3H3. The Hall–Kier alpha value is -0.250. The van der Waals surface area contributed by atoms with Crippen LogP contribution >= 0.6 is 0 Å². The van der Waals surface area contributed by atoms with Gasteiger partial charge in [0.15, 0.2) is 0 Å². The molecule has 4 heteroatoms. The van der Waals surface area contributed by atoms with Gasteiger partial charge < -0.3 is 5.32 Å². The van der Waals surface area contributed by atoms with Crippen LogP contribution in [0, 0.1) is 17.8 Å². The van der Waals surface area contributed by atoms with Gasteiger partial charge in [-0.15, -0.1) is 0 Å². The SMILES string of the molecule is CCC(C(C)C)C1CCC(NCC(F)(F)F)CC1. The summed E-state index contributed by atoms with van der Waals surface area (Å²) in [4.78, 5) is 0. The summed E-state index contributed by atoms with van der Waals surface area (Å²) in [6, 6.07) is 0.0625. The maximum absolute atomic E-state index is 12.1. The van der Waals surface area contributed by atoms with E-state index < -0.39 is 12.7 Å². The molecule has 1 aliphatic carbocycles. The van der Waals surface area contributed by atoms with E-state index in [2.05, 4.69) is 26.1 Å². The Morgan fingerprint density at radius 1 is 1.11 bits per heavy atom. The Morgan fingerprint density at radius 2 is 1.67 bits per heavy atom. The summed E-state index contributed by atoms with van der Waals surface area (Å²) in [6.07, 6.45) is 1.04. The van der Waals surface area contributed by atoms with Crippen LogP contribution in [0.2, 0.25) is 0 Å². The molecule has 18 heavy (non-hydrogen) atoms. The average Bonchev–Trinajstić information content (AvgIpc) is 2.27. The molecule has 1 saturated carbocycles. The molecule has 0 spiro atoms. The first kappa shape index (κ1) is 15.8. The minimum absolute atomic E-state index is 0.0625. The van der Waals surface area contributed by atoms with E-state index in [1.165, 1.54) is 6.42 Å². The lowest BCUT2D eigenvalue weighted by atomic mass is 9.73. The molecular formula is C14H26F3N. The van der Waals surface area contributed by atoms with Crippen molar-refractivity contribution in [3.63, 3.8) is 0 Å². The van der Waals surface area contributed by atoms with Crippen molar-refractivity contribution in [2.24, 2.45) is 17.8 Å². The second-order valence-electron chi connectivity index (χ2n) is 5.92. The minimum atomic E-state index is -4.08. The molecule has 0 aromatic carbocycles. The lowest BCUT2D eigenvalue weighted by Crippen LogP contribution is -2.40. The number of halogens is 3. The fourth-order valence-corrected chi connectivity index (χ4v) is 3.36. The second-order valence-corrected chi connectivity index (χ2v) is 5.92. The molecule has 1 N–H and O–H groups in total. The van der Waals surface area contributed by atoms with Crippen molar-refractivity contribution in [3.8, 4) is 0 Å². The van der Waals surface area contributed by atoms with Gasteiger partial charge in [0, 0.05) is 6.04 Å². The number of rotatable bonds is 5. The fraction of sp³-hybridized carbons (Fsp3) is 1.00. The Kier molecular flexibility index (Phi) is 5.96. The van der Waals surface area contributed by atoms with E-state index in [-0.39, 0.29) is 6.04 Å². The van der Waals surface area contributed by atoms with E-state index in [0.717, 1.165) is 31.6 Å². The van der Waals surface area contributed by atoms with Crippen molar-refractivity contribution >= 4 is 0 Å². The first-order valence-electron chi connectivity index (χ1n) is 7.13. The second kappa shape index (κ2) is 6.78. The van der Waals surface area contributed by atoms with Crippen LogP contribution in [0.3, 0.4) is 0 Å². The molecule has 1 atom stereocenters. The summed E-state index contributed by atoms with van der Waals surface area (Å²) in [5.74, 6) is 2.12. The average molecular weight is 265 g/mol. The first-order chi connectivity index (χ1) is 8.33. The number of hydrogen-bond donors (Lipinski definition) is 1. The molecule has 0 aliphatic heterocycles. The highest BCUT2D eigenvalue weighted by molar-refractivity contribution is 4.82. The van der Waals surface area contributed by atoms with Gasteiger partial charge in [0.2, 0.25) is 0 Å². The summed E-state index contributed by atoms with van der Waals surface area (Å²) < 4.78 is 36.3. The highest BCUT2D eigenvalue weighted by Crippen LogP contribution is 2.35. The monoisotopic (exact) mass is 265 g/mol. The van der Waals surface area contributed by atoms with Crippen molar-refractivity contribution in [2.75, 3.05) is 6.54 Å². The van der Waals surface area contributed by atoms with Gasteiger partial charge in [0.1, 0.15) is 0 Å². The highest BCUT2D eigenvalue weighted by Gasteiger charge is 2.31. The lowest BCUT2D eigenvalue weighted by Gasteiger charge is -2.36. The van der Waals surface area contributed by atoms with Crippen LogP contribution in [-0.2, 0) is 0 Å². The van der Waals surface area contributed by atoms with Crippen molar-refractivity contribution < 1.29 is 13.2 Å². The zero-order valence-corrected chi connectivity index (χ0v) is 11.7. The summed E-state index contributed by atoms with van der Waals surface area (Å²) in [7, 11) is 0. The van der Waals surface area contributed by atoms with E-state index in [1.807, 2.05) is 0 Å². The fourth-order valence-electron chi connectivity index (χ4n) is 3.36. The molecule has 1 aliphatic rings. The summed E-state index contributed by atoms with van der Waals surface area (Å²) in [6.45, 7) is 5.88. The Bertz CT molecular complexity index is 230. The van der Waals surface area contributed by atoms with Gasteiger partial charge in [0.25, 0.3) is 0 Å². The van der Waals surface area contributed by atoms with Crippen LogP contribution in [0.25, 0.3) is 0 Å². The molecule has 1 nitrogen and oxygen atoms in total. The Morgan fingerprint density at radius 3 is 2.06 bits per heavy atom. The van der Waals surface area contributed by atoms with Crippen LogP contribution in [-0.4, -0.2) is 18.8 Å². The molecule has 0 saturated heterocycles. The molecule has 108 valence electrons. The normalized spacial score (nSPS) is 27.5. The highest BCUT2D eigenvalue weighted by atomic mass is 19.4. The topological polar surface area (TPSA) is 12.0 Å². The smallest absolute Gasteiger partial charge is 0.306 e. The van der Waals surface area contributed by atoms with Gasteiger partial charge in [-0.05, 0) is 43.4 Å². The van der Waals surface area contributed by atoms with E-state index in [1.54, 1.807) is 0 Å². The molecule has 0 aromatic heterocycles. The maximum Gasteiger partial charge on any atom is 0.401 e. The largest absolute Gasteiger partial charge is 0.401 e. The van der Waals surface area contributed by atoms with E-state index in [9.17, 15) is 13.2 Å². The third kappa shape index (κ3) is 5.17. The van der Waals surface area contributed by atoms with Crippen molar-refractivity contribution in [3.05, 3.63) is 0 Å². The van der Waals surface area contributed by atoms with Gasteiger partial charge >= 0.3 is 6.18 Å². The van der Waals surface area contributed by atoms with Crippen molar-refractivity contribution in [2.45, 2.75) is 65.1 Å². The Labute approximate surface area is 109 Å². The van der Waals surface area contributed by atoms with Gasteiger partial charge in [-0.1, -0.05) is 27.2 Å². The molecule has 1 unspecified atom stereocenters. The first-order valence-corrected chi connectivity index (χ1v) is 7.13. The van der Waals surface area contributed by atoms with Crippen LogP contribution in [0.4, 0.5) is 13.2 Å². The van der Waals surface area contributed by atoms with Crippen LogP contribution in [0.1, 0.15) is 52.9 Å². The van der Waals surface area contributed by atoms with E-state index in [0.29, 0.717) is 11.8 Å². The molecule has 0 amide bonds. The third-order valence-corrected chi connectivity index (χ3v) is 4.30. The number of alkyl halides is 3. The van der Waals surface area contributed by atoms with Crippen LogP contribution < -0.4 is 5.32 Å². The third-order valence-electron chi connectivity index (χ3n) is 4.30. The van der Waals surface area contributed by atoms with Crippen LogP contribution in [0.5, 0.6) is 0 Å². The molecule has 1 fully saturated rings. The number of nitrogens with one attached hydrogen (secondary N) is 1. The summed E-state index contributed by atoms with van der Waals surface area (Å²) in [5.41, 5.74) is 0. The summed E-state index contributed by atoms with van der Waals surface area (Å²) in [5, 5.41) is 2.64. The molecule has 0 aromatic rings. The minimum Gasteiger partial charge on any atom is -0.306 e.